The number of aliphatic carboxylic acids is 1. The number of aromatic hydroxyl groups is 1. The Kier molecular flexibility index (Phi) is 7.18. The average Bonchev–Trinajstić information content (AvgIpc) is 3.24. The molecule has 0 aromatic heterocycles. The Bertz CT molecular complexity index is 1040. The van der Waals surface area contributed by atoms with E-state index in [4.69, 9.17) is 4.74 Å². The Balaban J connectivity index is 1.38. The molecule has 2 fully saturated rings. The maximum atomic E-state index is 11.4. The van der Waals surface area contributed by atoms with Crippen molar-refractivity contribution >= 4 is 12.1 Å². The van der Waals surface area contributed by atoms with Gasteiger partial charge in [0.1, 0.15) is 23.6 Å². The Labute approximate surface area is 205 Å². The molecule has 2 aliphatic rings. The molecule has 0 unspecified atom stereocenters. The summed E-state index contributed by atoms with van der Waals surface area (Å²) < 4.78 is 5.98. The van der Waals surface area contributed by atoms with Crippen LogP contribution in [0.15, 0.2) is 48.5 Å². The highest BCUT2D eigenvalue weighted by Gasteiger charge is 2.41. The lowest BCUT2D eigenvalue weighted by Crippen LogP contribution is -2.50. The first-order valence-corrected chi connectivity index (χ1v) is 11.9. The van der Waals surface area contributed by atoms with Gasteiger partial charge in [-0.25, -0.2) is 9.59 Å². The molecule has 2 heterocycles. The number of likely N-dealkylation sites (tertiary alicyclic amines) is 2. The highest BCUT2D eigenvalue weighted by atomic mass is 16.5. The standard InChI is InChI=1S/C26H33N3O6/c1-27(2)26(19-6-4-7-20(30)14-19)9-11-28(12-10-26)16-18-5-3-8-21(13-18)35-22-15-23(24(31)32)29(17-22)25(33)34/h3-8,13-14,22-23,30H,9-12,15-17H2,1-2H3,(H,31,32)(H,33,34)/t22-,23-/m0/s1. The van der Waals surface area contributed by atoms with E-state index in [-0.39, 0.29) is 24.3 Å². The summed E-state index contributed by atoms with van der Waals surface area (Å²) in [4.78, 5) is 28.3. The Morgan fingerprint density at radius 3 is 2.40 bits per heavy atom. The number of hydrogen-bond donors (Lipinski definition) is 3. The molecule has 2 atom stereocenters. The van der Waals surface area contributed by atoms with Crippen LogP contribution in [0.1, 0.15) is 30.4 Å². The largest absolute Gasteiger partial charge is 0.508 e. The second-order valence-electron chi connectivity index (χ2n) is 9.66. The molecule has 188 valence electrons. The van der Waals surface area contributed by atoms with Crippen molar-refractivity contribution in [3.63, 3.8) is 0 Å². The molecule has 9 heteroatoms. The van der Waals surface area contributed by atoms with E-state index < -0.39 is 24.2 Å². The monoisotopic (exact) mass is 483 g/mol. The second kappa shape index (κ2) is 10.1. The third-order valence-electron chi connectivity index (χ3n) is 7.32. The van der Waals surface area contributed by atoms with Crippen LogP contribution in [0, 0.1) is 0 Å². The number of carbonyl (C=O) groups is 2. The van der Waals surface area contributed by atoms with E-state index in [1.165, 1.54) is 0 Å². The van der Waals surface area contributed by atoms with Gasteiger partial charge in [-0.15, -0.1) is 0 Å². The van der Waals surface area contributed by atoms with Gasteiger partial charge in [0.15, 0.2) is 0 Å². The van der Waals surface area contributed by atoms with Crippen molar-refractivity contribution in [1.82, 2.24) is 14.7 Å². The fraction of sp³-hybridized carbons (Fsp3) is 0.462. The van der Waals surface area contributed by atoms with Crippen LogP contribution in [0.3, 0.4) is 0 Å². The predicted molar refractivity (Wildman–Crippen MR) is 130 cm³/mol. The number of amides is 1. The van der Waals surface area contributed by atoms with E-state index in [2.05, 4.69) is 30.0 Å². The zero-order valence-electron chi connectivity index (χ0n) is 20.1. The Morgan fingerprint density at radius 2 is 1.80 bits per heavy atom. The molecule has 2 aromatic rings. The van der Waals surface area contributed by atoms with Crippen LogP contribution in [0.2, 0.25) is 0 Å². The molecule has 0 aliphatic carbocycles. The van der Waals surface area contributed by atoms with Gasteiger partial charge in [-0.2, -0.15) is 0 Å². The second-order valence-corrected chi connectivity index (χ2v) is 9.66. The van der Waals surface area contributed by atoms with Crippen molar-refractivity contribution in [2.24, 2.45) is 0 Å². The lowest BCUT2D eigenvalue weighted by Gasteiger charge is -2.46. The Morgan fingerprint density at radius 1 is 1.09 bits per heavy atom. The first-order valence-electron chi connectivity index (χ1n) is 11.9. The average molecular weight is 484 g/mol. The number of rotatable bonds is 7. The summed E-state index contributed by atoms with van der Waals surface area (Å²) in [6, 6.07) is 14.2. The molecule has 2 aromatic carbocycles. The van der Waals surface area contributed by atoms with Crippen LogP contribution >= 0.6 is 0 Å². The summed E-state index contributed by atoms with van der Waals surface area (Å²) in [6.07, 6.45) is 0.244. The van der Waals surface area contributed by atoms with Gasteiger partial charge in [-0.05, 0) is 62.3 Å². The third kappa shape index (κ3) is 5.36. The van der Waals surface area contributed by atoms with E-state index in [9.17, 15) is 24.9 Å². The highest BCUT2D eigenvalue weighted by molar-refractivity contribution is 5.80. The fourth-order valence-electron chi connectivity index (χ4n) is 5.37. The van der Waals surface area contributed by atoms with Crippen LogP contribution in [0.4, 0.5) is 4.79 Å². The lowest BCUT2D eigenvalue weighted by molar-refractivity contribution is -0.141. The summed E-state index contributed by atoms with van der Waals surface area (Å²) in [7, 11) is 4.17. The number of phenolic OH excluding ortho intramolecular Hbond substituents is 1. The van der Waals surface area contributed by atoms with Gasteiger partial charge in [-0.1, -0.05) is 24.3 Å². The molecule has 0 radical (unpaired) electrons. The van der Waals surface area contributed by atoms with Crippen LogP contribution < -0.4 is 4.74 Å². The van der Waals surface area contributed by atoms with Gasteiger partial charge in [0.05, 0.1) is 6.54 Å². The number of hydrogen-bond acceptors (Lipinski definition) is 6. The van der Waals surface area contributed by atoms with Crippen LogP contribution in [0.25, 0.3) is 0 Å². The zero-order valence-corrected chi connectivity index (χ0v) is 20.1. The molecular weight excluding hydrogens is 450 g/mol. The third-order valence-corrected chi connectivity index (χ3v) is 7.32. The predicted octanol–water partition coefficient (Wildman–Crippen LogP) is 3.03. The molecule has 1 amide bonds. The van der Waals surface area contributed by atoms with Gasteiger partial charge in [0.2, 0.25) is 0 Å². The Hall–Kier alpha value is -3.30. The van der Waals surface area contributed by atoms with Crippen molar-refractivity contribution < 1.29 is 29.6 Å². The highest BCUT2D eigenvalue weighted by Crippen LogP contribution is 2.39. The molecule has 0 bridgehead atoms. The number of carboxylic acid groups (broad SMARTS) is 2. The minimum absolute atomic E-state index is 0.0321. The van der Waals surface area contributed by atoms with Gasteiger partial charge in [0.25, 0.3) is 0 Å². The van der Waals surface area contributed by atoms with E-state index in [1.807, 2.05) is 36.4 Å². The topological polar surface area (TPSA) is 114 Å². The minimum Gasteiger partial charge on any atom is -0.508 e. The van der Waals surface area contributed by atoms with Crippen molar-refractivity contribution in [2.75, 3.05) is 33.7 Å². The van der Waals surface area contributed by atoms with E-state index in [0.29, 0.717) is 5.75 Å². The molecule has 3 N–H and O–H groups in total. The van der Waals surface area contributed by atoms with Crippen molar-refractivity contribution in [3.05, 3.63) is 59.7 Å². The van der Waals surface area contributed by atoms with Gasteiger partial charge in [-0.3, -0.25) is 14.7 Å². The minimum atomic E-state index is -1.25. The summed E-state index contributed by atoms with van der Waals surface area (Å²) in [5, 5.41) is 28.6. The number of benzene rings is 2. The molecule has 35 heavy (non-hydrogen) atoms. The number of ether oxygens (including phenoxy) is 1. The van der Waals surface area contributed by atoms with E-state index >= 15 is 0 Å². The molecule has 2 aliphatic heterocycles. The molecule has 2 saturated heterocycles. The summed E-state index contributed by atoms with van der Waals surface area (Å²) >= 11 is 0. The van der Waals surface area contributed by atoms with Gasteiger partial charge >= 0.3 is 12.1 Å². The maximum absolute atomic E-state index is 11.4. The summed E-state index contributed by atoms with van der Waals surface area (Å²) in [6.45, 7) is 2.58. The first kappa shape index (κ1) is 24.8. The molecule has 4 rings (SSSR count). The number of phenols is 1. The summed E-state index contributed by atoms with van der Waals surface area (Å²) in [5.74, 6) is -0.258. The molecule has 9 nitrogen and oxygen atoms in total. The van der Waals surface area contributed by atoms with Crippen molar-refractivity contribution in [2.45, 2.75) is 43.5 Å². The van der Waals surface area contributed by atoms with Crippen LogP contribution in [-0.2, 0) is 16.9 Å². The SMILES string of the molecule is CN(C)C1(c2cccc(O)c2)CCN(Cc2cccc(O[C@H]3C[C@@H](C(=O)O)N(C(=O)O)C3)c2)CC1. The molecule has 0 spiro atoms. The van der Waals surface area contributed by atoms with Crippen molar-refractivity contribution in [3.8, 4) is 11.5 Å². The lowest BCUT2D eigenvalue weighted by atomic mass is 9.79. The van der Waals surface area contributed by atoms with Crippen LogP contribution in [0.5, 0.6) is 11.5 Å². The van der Waals surface area contributed by atoms with Gasteiger partial charge < -0.3 is 20.1 Å². The zero-order chi connectivity index (χ0) is 25.2. The number of piperidine rings is 1. The quantitative estimate of drug-likeness (QED) is 0.551. The first-order chi connectivity index (χ1) is 16.7. The fourth-order valence-corrected chi connectivity index (χ4v) is 5.37. The smallest absolute Gasteiger partial charge is 0.408 e. The normalized spacial score (nSPS) is 22.3. The molecular formula is C26H33N3O6. The number of carboxylic acids is 1. The van der Waals surface area contributed by atoms with Gasteiger partial charge in [0, 0.05) is 31.6 Å². The van der Waals surface area contributed by atoms with E-state index in [0.717, 1.165) is 48.5 Å². The maximum Gasteiger partial charge on any atom is 0.408 e. The summed E-state index contributed by atoms with van der Waals surface area (Å²) in [5.41, 5.74) is 2.09. The van der Waals surface area contributed by atoms with E-state index in [1.54, 1.807) is 6.07 Å². The van der Waals surface area contributed by atoms with Crippen LogP contribution in [-0.4, -0.2) is 88.0 Å². The van der Waals surface area contributed by atoms with Crippen molar-refractivity contribution in [1.29, 1.82) is 0 Å². The molecule has 0 saturated carbocycles. The number of nitrogens with zero attached hydrogens (tertiary/aromatic N) is 3.